The van der Waals surface area contributed by atoms with Gasteiger partial charge in [0.15, 0.2) is 11.5 Å². The van der Waals surface area contributed by atoms with Gasteiger partial charge >= 0.3 is 0 Å². The monoisotopic (exact) mass is 380 g/mol. The quantitative estimate of drug-likeness (QED) is 0.539. The predicted octanol–water partition coefficient (Wildman–Crippen LogP) is 3.05. The van der Waals surface area contributed by atoms with Crippen molar-refractivity contribution in [1.82, 2.24) is 19.5 Å². The molecule has 1 aromatic carbocycles. The van der Waals surface area contributed by atoms with Gasteiger partial charge in [-0.15, -0.1) is 10.2 Å². The van der Waals surface area contributed by atoms with E-state index >= 15 is 0 Å². The van der Waals surface area contributed by atoms with Crippen LogP contribution >= 0.6 is 0 Å². The summed E-state index contributed by atoms with van der Waals surface area (Å²) in [6.45, 7) is 3.19. The number of fused-ring (bicyclic) bond motifs is 1. The van der Waals surface area contributed by atoms with E-state index in [4.69, 9.17) is 0 Å². The molecule has 1 atom stereocenters. The van der Waals surface area contributed by atoms with E-state index in [0.717, 1.165) is 18.5 Å². The SMILES string of the molecule is CC(Nc1ccc([N+](=O)[O-])c(C(=O)N2CCCC2)c1)c1nnc2ccccn12. The van der Waals surface area contributed by atoms with Crippen LogP contribution in [0.2, 0.25) is 0 Å². The lowest BCUT2D eigenvalue weighted by molar-refractivity contribution is -0.385. The third-order valence-corrected chi connectivity index (χ3v) is 4.93. The van der Waals surface area contributed by atoms with Crippen molar-refractivity contribution >= 4 is 22.9 Å². The number of carbonyl (C=O) groups excluding carboxylic acids is 1. The predicted molar refractivity (Wildman–Crippen MR) is 103 cm³/mol. The number of anilines is 1. The smallest absolute Gasteiger partial charge is 0.282 e. The average Bonchev–Trinajstić information content (AvgIpc) is 3.37. The molecule has 1 fully saturated rings. The molecular formula is C19H20N6O3. The molecule has 4 rings (SSSR count). The highest BCUT2D eigenvalue weighted by Gasteiger charge is 2.27. The first-order valence-electron chi connectivity index (χ1n) is 9.18. The molecule has 1 aliphatic heterocycles. The number of nitro benzene ring substituents is 1. The highest BCUT2D eigenvalue weighted by atomic mass is 16.6. The summed E-state index contributed by atoms with van der Waals surface area (Å²) in [5.74, 6) is 0.412. The summed E-state index contributed by atoms with van der Waals surface area (Å²) in [6, 6.07) is 9.97. The molecule has 1 unspecified atom stereocenters. The topological polar surface area (TPSA) is 106 Å². The van der Waals surface area contributed by atoms with Crippen LogP contribution in [0, 0.1) is 10.1 Å². The molecule has 0 radical (unpaired) electrons. The molecule has 0 bridgehead atoms. The highest BCUT2D eigenvalue weighted by Crippen LogP contribution is 2.27. The summed E-state index contributed by atoms with van der Waals surface area (Å²) < 4.78 is 1.87. The fourth-order valence-corrected chi connectivity index (χ4v) is 3.52. The molecule has 1 aliphatic rings. The van der Waals surface area contributed by atoms with E-state index < -0.39 is 4.92 Å². The minimum absolute atomic E-state index is 0.107. The van der Waals surface area contributed by atoms with Crippen molar-refractivity contribution in [2.75, 3.05) is 18.4 Å². The third kappa shape index (κ3) is 3.26. The summed E-state index contributed by atoms with van der Waals surface area (Å²) >= 11 is 0. The van der Waals surface area contributed by atoms with E-state index in [2.05, 4.69) is 15.5 Å². The Hall–Kier alpha value is -3.49. The average molecular weight is 380 g/mol. The highest BCUT2D eigenvalue weighted by molar-refractivity contribution is 5.99. The van der Waals surface area contributed by atoms with Crippen molar-refractivity contribution in [2.45, 2.75) is 25.8 Å². The molecule has 3 heterocycles. The summed E-state index contributed by atoms with van der Waals surface area (Å²) in [6.07, 6.45) is 3.73. The van der Waals surface area contributed by atoms with Crippen LogP contribution in [0.5, 0.6) is 0 Å². The molecule has 0 saturated carbocycles. The van der Waals surface area contributed by atoms with Crippen LogP contribution in [0.4, 0.5) is 11.4 Å². The molecule has 2 aromatic heterocycles. The lowest BCUT2D eigenvalue weighted by Gasteiger charge is -2.17. The van der Waals surface area contributed by atoms with Crippen molar-refractivity contribution in [3.8, 4) is 0 Å². The van der Waals surface area contributed by atoms with Gasteiger partial charge < -0.3 is 10.2 Å². The normalized spacial score (nSPS) is 15.0. The van der Waals surface area contributed by atoms with E-state index in [1.165, 1.54) is 6.07 Å². The standard InChI is InChI=1S/C19H20N6O3/c1-13(18-22-21-17-6-2-3-11-24(17)18)20-14-7-8-16(25(27)28)15(12-14)19(26)23-9-4-5-10-23/h2-3,6-8,11-13,20H,4-5,9-10H2,1H3. The fraction of sp³-hybridized carbons (Fsp3) is 0.316. The minimum Gasteiger partial charge on any atom is -0.375 e. The van der Waals surface area contributed by atoms with Crippen LogP contribution < -0.4 is 5.32 Å². The summed E-state index contributed by atoms with van der Waals surface area (Å²) in [5.41, 5.74) is 1.28. The van der Waals surface area contributed by atoms with Crippen molar-refractivity contribution < 1.29 is 9.72 Å². The van der Waals surface area contributed by atoms with Gasteiger partial charge in [0.1, 0.15) is 5.56 Å². The number of aromatic nitrogens is 3. The van der Waals surface area contributed by atoms with E-state index in [1.807, 2.05) is 35.7 Å². The molecule has 1 amide bonds. The maximum atomic E-state index is 12.8. The zero-order valence-corrected chi connectivity index (χ0v) is 15.4. The van der Waals surface area contributed by atoms with Gasteiger partial charge in [-0.25, -0.2) is 0 Å². The molecule has 28 heavy (non-hydrogen) atoms. The Bertz CT molecular complexity index is 1040. The Balaban J connectivity index is 1.63. The van der Waals surface area contributed by atoms with Crippen molar-refractivity contribution in [3.05, 3.63) is 64.1 Å². The summed E-state index contributed by atoms with van der Waals surface area (Å²) in [4.78, 5) is 25.3. The van der Waals surface area contributed by atoms with Gasteiger partial charge in [-0.2, -0.15) is 0 Å². The number of hydrogen-bond acceptors (Lipinski definition) is 6. The van der Waals surface area contributed by atoms with E-state index in [1.54, 1.807) is 17.0 Å². The van der Waals surface area contributed by atoms with Gasteiger partial charge in [0, 0.05) is 31.0 Å². The zero-order chi connectivity index (χ0) is 19.7. The second-order valence-corrected chi connectivity index (χ2v) is 6.84. The Morgan fingerprint density at radius 2 is 2.00 bits per heavy atom. The van der Waals surface area contributed by atoms with Crippen LogP contribution in [0.1, 0.15) is 42.0 Å². The molecule has 9 nitrogen and oxygen atoms in total. The first kappa shape index (κ1) is 17.9. The van der Waals surface area contributed by atoms with Crippen LogP contribution in [-0.2, 0) is 0 Å². The number of pyridine rings is 1. The van der Waals surface area contributed by atoms with Crippen molar-refractivity contribution in [3.63, 3.8) is 0 Å². The van der Waals surface area contributed by atoms with Gasteiger partial charge in [-0.05, 0) is 44.0 Å². The summed E-state index contributed by atoms with van der Waals surface area (Å²) in [5, 5.41) is 23.0. The lowest BCUT2D eigenvalue weighted by Crippen LogP contribution is -2.28. The van der Waals surface area contributed by atoms with E-state index in [0.29, 0.717) is 24.6 Å². The number of nitrogens with zero attached hydrogens (tertiary/aromatic N) is 5. The largest absolute Gasteiger partial charge is 0.375 e. The Morgan fingerprint density at radius 3 is 2.75 bits per heavy atom. The Morgan fingerprint density at radius 1 is 1.21 bits per heavy atom. The first-order chi connectivity index (χ1) is 13.5. The third-order valence-electron chi connectivity index (χ3n) is 4.93. The number of nitro groups is 1. The molecule has 0 spiro atoms. The maximum absolute atomic E-state index is 12.8. The van der Waals surface area contributed by atoms with Gasteiger partial charge in [0.05, 0.1) is 11.0 Å². The van der Waals surface area contributed by atoms with Crippen molar-refractivity contribution in [2.24, 2.45) is 0 Å². The lowest BCUT2D eigenvalue weighted by atomic mass is 10.1. The van der Waals surface area contributed by atoms with Crippen LogP contribution in [0.15, 0.2) is 42.6 Å². The second-order valence-electron chi connectivity index (χ2n) is 6.84. The van der Waals surface area contributed by atoms with E-state index in [9.17, 15) is 14.9 Å². The number of likely N-dealkylation sites (tertiary alicyclic amines) is 1. The fourth-order valence-electron chi connectivity index (χ4n) is 3.52. The number of nitrogens with one attached hydrogen (secondary N) is 1. The second kappa shape index (κ2) is 7.26. The molecule has 144 valence electrons. The maximum Gasteiger partial charge on any atom is 0.282 e. The number of rotatable bonds is 5. The van der Waals surface area contributed by atoms with Crippen LogP contribution in [0.25, 0.3) is 5.65 Å². The van der Waals surface area contributed by atoms with E-state index in [-0.39, 0.29) is 23.2 Å². The number of hydrogen-bond donors (Lipinski definition) is 1. The first-order valence-corrected chi connectivity index (χ1v) is 9.18. The van der Waals surface area contributed by atoms with Gasteiger partial charge in [0.25, 0.3) is 11.6 Å². The van der Waals surface area contributed by atoms with Gasteiger partial charge in [-0.3, -0.25) is 19.3 Å². The Labute approximate surface area is 161 Å². The Kier molecular flexibility index (Phi) is 4.64. The minimum atomic E-state index is -0.511. The van der Waals surface area contributed by atoms with Gasteiger partial charge in [0.2, 0.25) is 0 Å². The van der Waals surface area contributed by atoms with Gasteiger partial charge in [-0.1, -0.05) is 6.07 Å². The van der Waals surface area contributed by atoms with Crippen molar-refractivity contribution in [1.29, 1.82) is 0 Å². The van der Waals surface area contributed by atoms with Crippen LogP contribution in [0.3, 0.4) is 0 Å². The molecule has 1 N–H and O–H groups in total. The van der Waals surface area contributed by atoms with Crippen LogP contribution in [-0.4, -0.2) is 43.4 Å². The summed E-state index contributed by atoms with van der Waals surface area (Å²) in [7, 11) is 0. The number of benzene rings is 1. The number of amides is 1. The molecule has 1 saturated heterocycles. The zero-order valence-electron chi connectivity index (χ0n) is 15.4. The molecule has 9 heteroatoms. The molecular weight excluding hydrogens is 360 g/mol. The number of carbonyl (C=O) groups is 1. The molecule has 3 aromatic rings. The molecule has 0 aliphatic carbocycles.